The van der Waals surface area contributed by atoms with E-state index in [9.17, 15) is 14.7 Å². The van der Waals surface area contributed by atoms with Crippen molar-refractivity contribution in [2.45, 2.75) is 0 Å². The summed E-state index contributed by atoms with van der Waals surface area (Å²) in [4.78, 5) is 24.8. The molecule has 0 fully saturated rings. The van der Waals surface area contributed by atoms with Crippen molar-refractivity contribution in [3.63, 3.8) is 0 Å². The van der Waals surface area contributed by atoms with Crippen molar-refractivity contribution in [3.05, 3.63) is 25.8 Å². The third-order valence-electron chi connectivity index (χ3n) is 1.71. The highest BCUT2D eigenvalue weighted by Gasteiger charge is 2.25. The van der Waals surface area contributed by atoms with E-state index >= 15 is 0 Å². The van der Waals surface area contributed by atoms with Crippen LogP contribution < -0.4 is 11.2 Å². The zero-order valence-corrected chi connectivity index (χ0v) is 7.05. The Morgan fingerprint density at radius 1 is 1.31 bits per heavy atom. The lowest BCUT2D eigenvalue weighted by Gasteiger charge is -1.99. The quantitative estimate of drug-likeness (QED) is 0.425. The minimum Gasteiger partial charge on any atom is -0.488 e. The molecule has 0 radical (unpaired) electrons. The lowest BCUT2D eigenvalue weighted by molar-refractivity contribution is 0.416. The van der Waals surface area contributed by atoms with Gasteiger partial charge in [-0.1, -0.05) is 0 Å². The zero-order valence-electron chi connectivity index (χ0n) is 7.05. The average molecular weight is 184 g/mol. The maximum absolute atomic E-state index is 11.1. The molecule has 7 heteroatoms. The van der Waals surface area contributed by atoms with E-state index in [-0.39, 0.29) is 0 Å². The van der Waals surface area contributed by atoms with Crippen LogP contribution in [0.5, 0.6) is 5.88 Å². The summed E-state index contributed by atoms with van der Waals surface area (Å²) in [6.45, 7) is 0. The van der Waals surface area contributed by atoms with Crippen LogP contribution in [0.2, 0.25) is 0 Å². The van der Waals surface area contributed by atoms with Gasteiger partial charge in [-0.2, -0.15) is 0 Å². The molecule has 0 atom stereocenters. The average Bonchev–Trinajstić information content (AvgIpc) is 2.13. The maximum atomic E-state index is 11.1. The Bertz CT molecular complexity index is 504. The normalized spacial score (nSPS) is 9.62. The Kier molecular flexibility index (Phi) is 1.90. The van der Waals surface area contributed by atoms with E-state index in [0.717, 1.165) is 9.13 Å². The first-order chi connectivity index (χ1) is 6.00. The highest BCUT2D eigenvalue weighted by Crippen LogP contribution is 2.17. The van der Waals surface area contributed by atoms with Crippen LogP contribution >= 0.6 is 0 Å². The predicted molar refractivity (Wildman–Crippen MR) is 43.3 cm³/mol. The van der Waals surface area contributed by atoms with Gasteiger partial charge in [0, 0.05) is 14.1 Å². The van der Waals surface area contributed by atoms with Gasteiger partial charge in [-0.15, -0.1) is 0 Å². The van der Waals surface area contributed by atoms with Crippen molar-refractivity contribution in [3.8, 4) is 5.88 Å². The van der Waals surface area contributed by atoms with E-state index < -0.39 is 22.8 Å². The number of rotatable bonds is 0. The van der Waals surface area contributed by atoms with Crippen LogP contribution in [0.1, 0.15) is 0 Å². The second-order valence-electron chi connectivity index (χ2n) is 2.48. The van der Waals surface area contributed by atoms with Crippen LogP contribution in [-0.2, 0) is 14.1 Å². The van der Waals surface area contributed by atoms with Crippen molar-refractivity contribution in [1.29, 1.82) is 5.39 Å². The first-order valence-corrected chi connectivity index (χ1v) is 3.34. The molecule has 0 aromatic carbocycles. The molecular formula is C6H7N4O3+. The Balaban J connectivity index is 3.92. The van der Waals surface area contributed by atoms with Gasteiger partial charge in [0.2, 0.25) is 5.39 Å². The van der Waals surface area contributed by atoms with E-state index in [1.807, 2.05) is 0 Å². The molecule has 1 aromatic heterocycles. The van der Waals surface area contributed by atoms with Gasteiger partial charge in [0.25, 0.3) is 0 Å². The van der Waals surface area contributed by atoms with Crippen molar-refractivity contribution in [1.82, 2.24) is 9.13 Å². The molecule has 0 saturated carbocycles. The topological polar surface area (TPSA) is 92.4 Å². The maximum Gasteiger partial charge on any atom is 0.508 e. The fourth-order valence-electron chi connectivity index (χ4n) is 0.903. The summed E-state index contributed by atoms with van der Waals surface area (Å²) in [5.74, 6) is -0.657. The molecule has 0 spiro atoms. The number of hydrogen-bond acceptors (Lipinski definition) is 4. The van der Waals surface area contributed by atoms with Crippen LogP contribution in [0, 0.1) is 5.39 Å². The molecule has 68 valence electrons. The minimum absolute atomic E-state index is 0.551. The van der Waals surface area contributed by atoms with Gasteiger partial charge in [0.05, 0.1) is 0 Å². The molecule has 0 aliphatic heterocycles. The molecule has 1 N–H and O–H groups in total. The molecule has 0 saturated heterocycles. The molecule has 0 aliphatic carbocycles. The number of aromatic nitrogens is 2. The molecule has 7 nitrogen and oxygen atoms in total. The van der Waals surface area contributed by atoms with Crippen molar-refractivity contribution < 1.29 is 5.11 Å². The Labute approximate surface area is 72.1 Å². The first-order valence-electron chi connectivity index (χ1n) is 3.34. The second kappa shape index (κ2) is 2.75. The summed E-state index contributed by atoms with van der Waals surface area (Å²) in [6.07, 6.45) is 0. The van der Waals surface area contributed by atoms with E-state index in [1.54, 1.807) is 0 Å². The van der Waals surface area contributed by atoms with Gasteiger partial charge in [-0.25, -0.2) is 4.79 Å². The van der Waals surface area contributed by atoms with Gasteiger partial charge >= 0.3 is 22.8 Å². The Morgan fingerprint density at radius 3 is 2.31 bits per heavy atom. The van der Waals surface area contributed by atoms with Crippen LogP contribution in [0.4, 0.5) is 5.69 Å². The van der Waals surface area contributed by atoms with Gasteiger partial charge in [-0.3, -0.25) is 13.9 Å². The SMILES string of the molecule is Cn1c(O)c([15N+]#N)c(=O)n(C)c1=O. The third-order valence-corrected chi connectivity index (χ3v) is 1.71. The standard InChI is InChI=1S/C6H6N4O3/c1-9-4(11)3(8-7)5(12)10(2)6(9)13/h1-2H3/p+1/i8+1. The van der Waals surface area contributed by atoms with Crippen LogP contribution in [0.25, 0.3) is 4.98 Å². The van der Waals surface area contributed by atoms with Crippen LogP contribution in [0.15, 0.2) is 9.59 Å². The largest absolute Gasteiger partial charge is 0.508 e. The molecule has 1 heterocycles. The third kappa shape index (κ3) is 1.08. The first kappa shape index (κ1) is 8.99. The van der Waals surface area contributed by atoms with E-state index in [0.29, 0.717) is 0 Å². The van der Waals surface area contributed by atoms with Crippen molar-refractivity contribution >= 4 is 5.69 Å². The summed E-state index contributed by atoms with van der Waals surface area (Å²) in [5, 5.41) is 17.6. The summed E-state index contributed by atoms with van der Waals surface area (Å²) >= 11 is 0. The summed E-state index contributed by atoms with van der Waals surface area (Å²) in [7, 11) is 2.48. The van der Waals surface area contributed by atoms with E-state index in [4.69, 9.17) is 5.39 Å². The monoisotopic (exact) mass is 184 g/mol. The van der Waals surface area contributed by atoms with Gasteiger partial charge in [0.1, 0.15) is 0 Å². The van der Waals surface area contributed by atoms with Gasteiger partial charge in [0.15, 0.2) is 4.98 Å². The van der Waals surface area contributed by atoms with Crippen LogP contribution in [-0.4, -0.2) is 14.2 Å². The highest BCUT2D eigenvalue weighted by atomic mass is 16.3. The number of hydrogen-bond donors (Lipinski definition) is 1. The smallest absolute Gasteiger partial charge is 0.488 e. The molecule has 0 aliphatic rings. The Hall–Kier alpha value is -2.10. The summed E-state index contributed by atoms with van der Waals surface area (Å²) in [5.41, 5.74) is -2.08. The number of diazo groups is 1. The predicted octanol–water partition coefficient (Wildman–Crippen LogP) is -0.726. The van der Waals surface area contributed by atoms with Crippen molar-refractivity contribution in [2.24, 2.45) is 14.1 Å². The fourth-order valence-corrected chi connectivity index (χ4v) is 0.903. The molecule has 0 amide bonds. The molecule has 0 unspecified atom stereocenters. The molecule has 13 heavy (non-hydrogen) atoms. The lowest BCUT2D eigenvalue weighted by Crippen LogP contribution is -2.36. The minimum atomic E-state index is -0.844. The summed E-state index contributed by atoms with van der Waals surface area (Å²) in [6, 6.07) is 0. The zero-order chi connectivity index (χ0) is 10.2. The molecule has 1 rings (SSSR count). The highest BCUT2D eigenvalue weighted by molar-refractivity contribution is 5.50. The van der Waals surface area contributed by atoms with Crippen molar-refractivity contribution in [2.75, 3.05) is 0 Å². The molecule has 1 aromatic rings. The van der Waals surface area contributed by atoms with Gasteiger partial charge < -0.3 is 5.11 Å². The lowest BCUT2D eigenvalue weighted by atomic mass is 10.5. The number of aromatic hydroxyl groups is 1. The second-order valence-corrected chi connectivity index (χ2v) is 2.48. The Morgan fingerprint density at radius 2 is 1.85 bits per heavy atom. The molecule has 0 bridgehead atoms. The number of nitrogens with zero attached hydrogens (tertiary/aromatic N) is 4. The summed E-state index contributed by atoms with van der Waals surface area (Å²) < 4.78 is 1.53. The van der Waals surface area contributed by atoms with E-state index in [2.05, 4.69) is 4.98 Å². The van der Waals surface area contributed by atoms with E-state index in [1.165, 1.54) is 14.1 Å². The van der Waals surface area contributed by atoms with Gasteiger partial charge in [-0.05, 0) is 0 Å². The fraction of sp³-hybridized carbons (Fsp3) is 0.333. The van der Waals surface area contributed by atoms with Crippen LogP contribution in [0.3, 0.4) is 0 Å². The molecular weight excluding hydrogens is 177 g/mol.